The van der Waals surface area contributed by atoms with Crippen LogP contribution in [0.2, 0.25) is 0 Å². The zero-order valence-corrected chi connectivity index (χ0v) is 10.7. The van der Waals surface area contributed by atoms with E-state index in [2.05, 4.69) is 20.3 Å². The molecule has 104 valence electrons. The Kier molecular flexibility index (Phi) is 2.62. The molecule has 0 spiro atoms. The Bertz CT molecular complexity index is 615. The van der Waals surface area contributed by atoms with E-state index in [1.807, 2.05) is 9.58 Å². The van der Waals surface area contributed by atoms with E-state index in [1.165, 1.54) is 12.4 Å². The van der Waals surface area contributed by atoms with Crippen molar-refractivity contribution in [2.75, 3.05) is 18.0 Å². The standard InChI is InChI=1S/C12H13FN6O/c13-8-3-14-12(15-4-8)18-2-1-11-10(6-18)19-9(7-20-11)5-16-17-19/h3-5,10-11H,1-2,6-7H2/t10-,11-/m0/s1. The number of aromatic nitrogens is 5. The molecule has 20 heavy (non-hydrogen) atoms. The molecule has 4 heterocycles. The first-order valence-corrected chi connectivity index (χ1v) is 6.54. The van der Waals surface area contributed by atoms with Crippen molar-refractivity contribution in [2.24, 2.45) is 0 Å². The number of halogens is 1. The molecule has 0 amide bonds. The lowest BCUT2D eigenvalue weighted by molar-refractivity contribution is -0.0374. The van der Waals surface area contributed by atoms with E-state index in [4.69, 9.17) is 4.74 Å². The van der Waals surface area contributed by atoms with Crippen LogP contribution in [0.1, 0.15) is 18.2 Å². The zero-order valence-electron chi connectivity index (χ0n) is 10.7. The Hall–Kier alpha value is -2.09. The lowest BCUT2D eigenvalue weighted by Gasteiger charge is -2.40. The first-order chi connectivity index (χ1) is 9.81. The number of hydrogen-bond acceptors (Lipinski definition) is 6. The molecule has 4 rings (SSSR count). The summed E-state index contributed by atoms with van der Waals surface area (Å²) in [6.07, 6.45) is 5.11. The van der Waals surface area contributed by atoms with Crippen LogP contribution in [0.5, 0.6) is 0 Å². The number of ether oxygens (including phenoxy) is 1. The van der Waals surface area contributed by atoms with Crippen molar-refractivity contribution >= 4 is 5.95 Å². The molecule has 0 bridgehead atoms. The second-order valence-corrected chi connectivity index (χ2v) is 5.02. The number of anilines is 1. The molecule has 2 aromatic rings. The summed E-state index contributed by atoms with van der Waals surface area (Å²) in [6, 6.07) is 0.101. The second-order valence-electron chi connectivity index (χ2n) is 5.02. The van der Waals surface area contributed by atoms with Gasteiger partial charge in [-0.15, -0.1) is 5.10 Å². The predicted octanol–water partition coefficient (Wildman–Crippen LogP) is 0.557. The van der Waals surface area contributed by atoms with Gasteiger partial charge in [-0.05, 0) is 6.42 Å². The Morgan fingerprint density at radius 1 is 1.25 bits per heavy atom. The Labute approximate surface area is 114 Å². The smallest absolute Gasteiger partial charge is 0.225 e. The van der Waals surface area contributed by atoms with Crippen LogP contribution in [0.25, 0.3) is 0 Å². The number of rotatable bonds is 1. The van der Waals surface area contributed by atoms with Crippen LogP contribution in [-0.2, 0) is 11.3 Å². The van der Waals surface area contributed by atoms with E-state index in [0.29, 0.717) is 19.1 Å². The van der Waals surface area contributed by atoms with Gasteiger partial charge in [0.25, 0.3) is 0 Å². The topological polar surface area (TPSA) is 69.0 Å². The molecular formula is C12H13FN6O. The second kappa shape index (κ2) is 4.48. The molecule has 0 radical (unpaired) electrons. The third kappa shape index (κ3) is 1.83. The van der Waals surface area contributed by atoms with Crippen LogP contribution in [-0.4, -0.2) is 44.2 Å². The quantitative estimate of drug-likeness (QED) is 0.758. The molecule has 2 aliphatic rings. The lowest BCUT2D eigenvalue weighted by Crippen LogP contribution is -2.48. The van der Waals surface area contributed by atoms with Gasteiger partial charge in [-0.3, -0.25) is 0 Å². The highest BCUT2D eigenvalue weighted by molar-refractivity contribution is 5.30. The summed E-state index contributed by atoms with van der Waals surface area (Å²) in [5, 5.41) is 8.08. The van der Waals surface area contributed by atoms with Crippen molar-refractivity contribution in [3.05, 3.63) is 30.1 Å². The highest BCUT2D eigenvalue weighted by Gasteiger charge is 2.37. The van der Waals surface area contributed by atoms with Crippen molar-refractivity contribution in [3.63, 3.8) is 0 Å². The average molecular weight is 276 g/mol. The SMILES string of the molecule is Fc1cnc(N2CC[C@@H]3OCc4cnnn4[C@H]3C2)nc1. The van der Waals surface area contributed by atoms with Gasteiger partial charge < -0.3 is 9.64 Å². The van der Waals surface area contributed by atoms with Gasteiger partial charge in [-0.25, -0.2) is 19.0 Å². The summed E-state index contributed by atoms with van der Waals surface area (Å²) in [4.78, 5) is 10.1. The minimum Gasteiger partial charge on any atom is -0.370 e. The highest BCUT2D eigenvalue weighted by Crippen LogP contribution is 2.31. The largest absolute Gasteiger partial charge is 0.370 e. The molecule has 2 aromatic heterocycles. The van der Waals surface area contributed by atoms with Crippen LogP contribution in [0, 0.1) is 5.82 Å². The van der Waals surface area contributed by atoms with Crippen LogP contribution in [0.15, 0.2) is 18.6 Å². The predicted molar refractivity (Wildman–Crippen MR) is 66.5 cm³/mol. The number of hydrogen-bond donors (Lipinski definition) is 0. The molecule has 0 aromatic carbocycles. The molecule has 0 saturated carbocycles. The summed E-state index contributed by atoms with van der Waals surface area (Å²) < 4.78 is 20.7. The van der Waals surface area contributed by atoms with Crippen LogP contribution in [0.4, 0.5) is 10.3 Å². The van der Waals surface area contributed by atoms with Crippen molar-refractivity contribution in [1.82, 2.24) is 25.0 Å². The van der Waals surface area contributed by atoms with Gasteiger partial charge in [-0.2, -0.15) is 0 Å². The molecule has 0 unspecified atom stereocenters. The summed E-state index contributed by atoms with van der Waals surface area (Å²) in [5.41, 5.74) is 0.980. The van der Waals surface area contributed by atoms with E-state index in [1.54, 1.807) is 6.20 Å². The van der Waals surface area contributed by atoms with Crippen LogP contribution >= 0.6 is 0 Å². The van der Waals surface area contributed by atoms with E-state index in [0.717, 1.165) is 18.7 Å². The van der Waals surface area contributed by atoms with E-state index in [9.17, 15) is 4.39 Å². The summed E-state index contributed by atoms with van der Waals surface area (Å²) >= 11 is 0. The van der Waals surface area contributed by atoms with Crippen LogP contribution in [0.3, 0.4) is 0 Å². The maximum atomic E-state index is 12.9. The highest BCUT2D eigenvalue weighted by atomic mass is 19.1. The van der Waals surface area contributed by atoms with Crippen molar-refractivity contribution in [1.29, 1.82) is 0 Å². The Balaban J connectivity index is 1.61. The summed E-state index contributed by atoms with van der Waals surface area (Å²) in [5.74, 6) is 0.111. The van der Waals surface area contributed by atoms with E-state index >= 15 is 0 Å². The first-order valence-electron chi connectivity index (χ1n) is 6.54. The first kappa shape index (κ1) is 11.7. The lowest BCUT2D eigenvalue weighted by atomic mass is 10.0. The molecule has 2 atom stereocenters. The summed E-state index contributed by atoms with van der Waals surface area (Å²) in [7, 11) is 0. The number of piperidine rings is 1. The summed E-state index contributed by atoms with van der Waals surface area (Å²) in [6.45, 7) is 2.03. The average Bonchev–Trinajstić information content (AvgIpc) is 2.96. The number of nitrogens with zero attached hydrogens (tertiary/aromatic N) is 6. The van der Waals surface area contributed by atoms with Crippen LogP contribution < -0.4 is 4.90 Å². The van der Waals surface area contributed by atoms with Gasteiger partial charge in [-0.1, -0.05) is 5.21 Å². The van der Waals surface area contributed by atoms with Gasteiger partial charge >= 0.3 is 0 Å². The van der Waals surface area contributed by atoms with Crippen molar-refractivity contribution in [2.45, 2.75) is 25.2 Å². The Morgan fingerprint density at radius 3 is 2.95 bits per heavy atom. The third-order valence-corrected chi connectivity index (χ3v) is 3.82. The maximum absolute atomic E-state index is 12.9. The maximum Gasteiger partial charge on any atom is 0.225 e. The van der Waals surface area contributed by atoms with Crippen molar-refractivity contribution < 1.29 is 9.13 Å². The fourth-order valence-electron chi connectivity index (χ4n) is 2.83. The monoisotopic (exact) mass is 276 g/mol. The van der Waals surface area contributed by atoms with Gasteiger partial charge in [0.05, 0.1) is 43.0 Å². The molecule has 7 nitrogen and oxygen atoms in total. The minimum atomic E-state index is -0.428. The van der Waals surface area contributed by atoms with Crippen molar-refractivity contribution in [3.8, 4) is 0 Å². The molecular weight excluding hydrogens is 263 g/mol. The van der Waals surface area contributed by atoms with Gasteiger partial charge in [0, 0.05) is 13.1 Å². The fraction of sp³-hybridized carbons (Fsp3) is 0.500. The third-order valence-electron chi connectivity index (χ3n) is 3.82. The number of fused-ring (bicyclic) bond motifs is 3. The normalized spacial score (nSPS) is 25.1. The molecule has 1 fully saturated rings. The van der Waals surface area contributed by atoms with Gasteiger partial charge in [0.2, 0.25) is 5.95 Å². The van der Waals surface area contributed by atoms with Gasteiger partial charge in [0.1, 0.15) is 0 Å². The zero-order chi connectivity index (χ0) is 13.5. The molecule has 0 N–H and O–H groups in total. The molecule has 0 aliphatic carbocycles. The Morgan fingerprint density at radius 2 is 2.10 bits per heavy atom. The fourth-order valence-corrected chi connectivity index (χ4v) is 2.83. The molecule has 2 aliphatic heterocycles. The minimum absolute atomic E-state index is 0.101. The molecule has 8 heteroatoms. The van der Waals surface area contributed by atoms with E-state index in [-0.39, 0.29) is 12.1 Å². The van der Waals surface area contributed by atoms with Gasteiger partial charge in [0.15, 0.2) is 5.82 Å². The molecule has 1 saturated heterocycles. The van der Waals surface area contributed by atoms with E-state index < -0.39 is 5.82 Å².